The summed E-state index contributed by atoms with van der Waals surface area (Å²) in [5.74, 6) is -0.713. The summed E-state index contributed by atoms with van der Waals surface area (Å²) >= 11 is 0. The average molecular weight is 280 g/mol. The monoisotopic (exact) mass is 280 g/mol. The highest BCUT2D eigenvalue weighted by atomic mass is 16.2. The maximum atomic E-state index is 12.7. The molecule has 0 saturated heterocycles. The van der Waals surface area contributed by atoms with Gasteiger partial charge in [-0.3, -0.25) is 9.59 Å². The maximum absolute atomic E-state index is 12.7. The van der Waals surface area contributed by atoms with Crippen molar-refractivity contribution in [2.75, 3.05) is 6.54 Å². The van der Waals surface area contributed by atoms with Crippen LogP contribution in [0.2, 0.25) is 0 Å². The van der Waals surface area contributed by atoms with Crippen molar-refractivity contribution >= 4 is 11.8 Å². The Kier molecular flexibility index (Phi) is 3.44. The number of carbonyl (C=O) groups excluding carboxylic acids is 2. The first-order valence-corrected chi connectivity index (χ1v) is 6.91. The third-order valence-electron chi connectivity index (χ3n) is 3.84. The summed E-state index contributed by atoms with van der Waals surface area (Å²) < 4.78 is 0. The van der Waals surface area contributed by atoms with Crippen LogP contribution in [0.1, 0.15) is 31.8 Å². The number of primary amides is 1. The molecule has 0 fully saturated rings. The van der Waals surface area contributed by atoms with E-state index in [4.69, 9.17) is 5.73 Å². The lowest BCUT2D eigenvalue weighted by Gasteiger charge is -2.29. The second kappa shape index (κ2) is 5.40. The molecule has 1 heterocycles. The average Bonchev–Trinajstić information content (AvgIpc) is 2.53. The first kappa shape index (κ1) is 13.4. The van der Waals surface area contributed by atoms with E-state index in [0.29, 0.717) is 18.7 Å². The SMILES string of the molecule is NC(=O)c1ccccc1C(=O)N1CCc2ccccc2C1. The lowest BCUT2D eigenvalue weighted by atomic mass is 9.98. The number of nitrogens with zero attached hydrogens (tertiary/aromatic N) is 1. The quantitative estimate of drug-likeness (QED) is 0.914. The van der Waals surface area contributed by atoms with Crippen LogP contribution < -0.4 is 5.73 Å². The number of benzene rings is 2. The number of fused-ring (bicyclic) bond motifs is 1. The summed E-state index contributed by atoms with van der Waals surface area (Å²) in [6.07, 6.45) is 0.834. The maximum Gasteiger partial charge on any atom is 0.254 e. The second-order valence-electron chi connectivity index (χ2n) is 5.16. The molecule has 0 aromatic heterocycles. The van der Waals surface area contributed by atoms with Crippen LogP contribution in [0.25, 0.3) is 0 Å². The molecule has 0 radical (unpaired) electrons. The molecule has 21 heavy (non-hydrogen) atoms. The van der Waals surface area contributed by atoms with Gasteiger partial charge in [0.05, 0.1) is 11.1 Å². The number of hydrogen-bond acceptors (Lipinski definition) is 2. The van der Waals surface area contributed by atoms with Gasteiger partial charge in [0.15, 0.2) is 0 Å². The van der Waals surface area contributed by atoms with Crippen molar-refractivity contribution in [3.63, 3.8) is 0 Å². The molecule has 0 bridgehead atoms. The van der Waals surface area contributed by atoms with Crippen molar-refractivity contribution < 1.29 is 9.59 Å². The van der Waals surface area contributed by atoms with Crippen LogP contribution in [0.5, 0.6) is 0 Å². The summed E-state index contributed by atoms with van der Waals surface area (Å²) in [7, 11) is 0. The van der Waals surface area contributed by atoms with Crippen LogP contribution in [-0.2, 0) is 13.0 Å². The van der Waals surface area contributed by atoms with Crippen LogP contribution in [0.15, 0.2) is 48.5 Å². The Morgan fingerprint density at radius 2 is 1.52 bits per heavy atom. The molecule has 106 valence electrons. The van der Waals surface area contributed by atoms with Gasteiger partial charge < -0.3 is 10.6 Å². The minimum Gasteiger partial charge on any atom is -0.366 e. The van der Waals surface area contributed by atoms with Crippen molar-refractivity contribution in [2.45, 2.75) is 13.0 Å². The van der Waals surface area contributed by atoms with Crippen LogP contribution in [0.4, 0.5) is 0 Å². The minimum atomic E-state index is -0.573. The highest BCUT2D eigenvalue weighted by Crippen LogP contribution is 2.21. The molecular formula is C17H16N2O2. The Morgan fingerprint density at radius 3 is 2.24 bits per heavy atom. The second-order valence-corrected chi connectivity index (χ2v) is 5.16. The third-order valence-corrected chi connectivity index (χ3v) is 3.84. The van der Waals surface area contributed by atoms with Crippen LogP contribution >= 0.6 is 0 Å². The predicted molar refractivity (Wildman–Crippen MR) is 79.8 cm³/mol. The van der Waals surface area contributed by atoms with Gasteiger partial charge in [-0.25, -0.2) is 0 Å². The van der Waals surface area contributed by atoms with Gasteiger partial charge in [-0.2, -0.15) is 0 Å². The fraction of sp³-hybridized carbons (Fsp3) is 0.176. The van der Waals surface area contributed by atoms with E-state index in [-0.39, 0.29) is 11.5 Å². The topological polar surface area (TPSA) is 63.4 Å². The fourth-order valence-electron chi connectivity index (χ4n) is 2.72. The summed E-state index contributed by atoms with van der Waals surface area (Å²) in [5.41, 5.74) is 8.45. The highest BCUT2D eigenvalue weighted by Gasteiger charge is 2.24. The van der Waals surface area contributed by atoms with Crippen molar-refractivity contribution in [3.8, 4) is 0 Å². The molecule has 2 aromatic rings. The zero-order valence-electron chi connectivity index (χ0n) is 11.6. The molecule has 2 aromatic carbocycles. The summed E-state index contributed by atoms with van der Waals surface area (Å²) in [4.78, 5) is 25.9. The molecule has 1 aliphatic rings. The molecule has 3 rings (SSSR count). The third kappa shape index (κ3) is 2.52. The van der Waals surface area contributed by atoms with Crippen molar-refractivity contribution in [1.29, 1.82) is 0 Å². The lowest BCUT2D eigenvalue weighted by molar-refractivity contribution is 0.0730. The van der Waals surface area contributed by atoms with Crippen molar-refractivity contribution in [1.82, 2.24) is 4.90 Å². The molecule has 4 heteroatoms. The lowest BCUT2D eigenvalue weighted by Crippen LogP contribution is -2.37. The molecule has 0 unspecified atom stereocenters. The number of rotatable bonds is 2. The first-order valence-electron chi connectivity index (χ1n) is 6.91. The predicted octanol–water partition coefficient (Wildman–Crippen LogP) is 1.98. The van der Waals surface area contributed by atoms with Crippen molar-refractivity contribution in [2.24, 2.45) is 5.73 Å². The van der Waals surface area contributed by atoms with E-state index in [9.17, 15) is 9.59 Å². The van der Waals surface area contributed by atoms with E-state index in [1.165, 1.54) is 5.56 Å². The van der Waals surface area contributed by atoms with Gasteiger partial charge in [-0.1, -0.05) is 36.4 Å². The number of nitrogens with two attached hydrogens (primary N) is 1. The molecule has 1 aliphatic heterocycles. The Bertz CT molecular complexity index is 709. The van der Waals surface area contributed by atoms with Gasteiger partial charge in [0.2, 0.25) is 5.91 Å². The van der Waals surface area contributed by atoms with Crippen LogP contribution in [0, 0.1) is 0 Å². The smallest absolute Gasteiger partial charge is 0.254 e. The highest BCUT2D eigenvalue weighted by molar-refractivity contribution is 6.06. The number of hydrogen-bond donors (Lipinski definition) is 1. The molecule has 0 saturated carbocycles. The number of carbonyl (C=O) groups is 2. The van der Waals surface area contributed by atoms with Crippen molar-refractivity contribution in [3.05, 3.63) is 70.8 Å². The molecule has 0 aliphatic carbocycles. The summed E-state index contributed by atoms with van der Waals surface area (Å²) in [6.45, 7) is 1.23. The van der Waals surface area contributed by atoms with E-state index in [1.807, 2.05) is 18.2 Å². The molecule has 0 atom stereocenters. The fourth-order valence-corrected chi connectivity index (χ4v) is 2.72. The van der Waals surface area contributed by atoms with E-state index in [2.05, 4.69) is 6.07 Å². The molecule has 2 N–H and O–H groups in total. The van der Waals surface area contributed by atoms with Crippen LogP contribution in [-0.4, -0.2) is 23.3 Å². The number of amides is 2. The van der Waals surface area contributed by atoms with Crippen LogP contribution in [0.3, 0.4) is 0 Å². The summed E-state index contributed by atoms with van der Waals surface area (Å²) in [6, 6.07) is 14.8. The van der Waals surface area contributed by atoms with E-state index in [0.717, 1.165) is 12.0 Å². The molecule has 2 amide bonds. The van der Waals surface area contributed by atoms with Gasteiger partial charge in [-0.05, 0) is 29.7 Å². The standard InChI is InChI=1S/C17H16N2O2/c18-16(20)14-7-3-4-8-15(14)17(21)19-10-9-12-5-1-2-6-13(12)11-19/h1-8H,9-11H2,(H2,18,20). The molecule has 4 nitrogen and oxygen atoms in total. The Morgan fingerprint density at radius 1 is 0.905 bits per heavy atom. The van der Waals surface area contributed by atoms with Gasteiger partial charge in [0.1, 0.15) is 0 Å². The zero-order valence-corrected chi connectivity index (χ0v) is 11.6. The Hall–Kier alpha value is -2.62. The van der Waals surface area contributed by atoms with Gasteiger partial charge in [-0.15, -0.1) is 0 Å². The molecule has 0 spiro atoms. The van der Waals surface area contributed by atoms with E-state index < -0.39 is 5.91 Å². The van der Waals surface area contributed by atoms with Gasteiger partial charge >= 0.3 is 0 Å². The van der Waals surface area contributed by atoms with Gasteiger partial charge in [0.25, 0.3) is 5.91 Å². The Labute approximate surface area is 123 Å². The largest absolute Gasteiger partial charge is 0.366 e. The Balaban J connectivity index is 1.89. The van der Waals surface area contributed by atoms with E-state index >= 15 is 0 Å². The minimum absolute atomic E-state index is 0.140. The van der Waals surface area contributed by atoms with Gasteiger partial charge in [0, 0.05) is 13.1 Å². The summed E-state index contributed by atoms with van der Waals surface area (Å²) in [5, 5.41) is 0. The zero-order chi connectivity index (χ0) is 14.8. The first-order chi connectivity index (χ1) is 10.2. The van der Waals surface area contributed by atoms with E-state index in [1.54, 1.807) is 29.2 Å². The normalized spacial score (nSPS) is 13.6. The molecular weight excluding hydrogens is 264 g/mol.